The molecule has 0 radical (unpaired) electrons. The molecule has 1 aromatic carbocycles. The lowest BCUT2D eigenvalue weighted by molar-refractivity contribution is 0.214. The van der Waals surface area contributed by atoms with Crippen LogP contribution in [0.4, 0.5) is 9.93 Å². The lowest BCUT2D eigenvalue weighted by atomic mass is 10.2. The SMILES string of the molecule is CN(Cc1cc(-c2ccccn2)no1)C(=O)Nc1nc(-c2ccccc2)ns1. The first-order valence-electron chi connectivity index (χ1n) is 8.47. The third kappa shape index (κ3) is 4.04. The molecule has 0 bridgehead atoms. The van der Waals surface area contributed by atoms with E-state index in [2.05, 4.69) is 24.8 Å². The van der Waals surface area contributed by atoms with Crippen molar-refractivity contribution in [2.24, 2.45) is 0 Å². The van der Waals surface area contributed by atoms with E-state index in [-0.39, 0.29) is 12.6 Å². The minimum absolute atomic E-state index is 0.260. The molecule has 2 amide bonds. The molecule has 0 saturated heterocycles. The van der Waals surface area contributed by atoms with Crippen molar-refractivity contribution in [1.29, 1.82) is 0 Å². The first-order chi connectivity index (χ1) is 13.7. The number of urea groups is 1. The molecule has 0 aliphatic rings. The molecular weight excluding hydrogens is 376 g/mol. The van der Waals surface area contributed by atoms with Gasteiger partial charge in [0.25, 0.3) is 0 Å². The van der Waals surface area contributed by atoms with E-state index in [9.17, 15) is 4.79 Å². The van der Waals surface area contributed by atoms with Crippen LogP contribution >= 0.6 is 11.5 Å². The molecule has 0 saturated carbocycles. The number of benzene rings is 1. The van der Waals surface area contributed by atoms with Gasteiger partial charge in [-0.25, -0.2) is 4.79 Å². The largest absolute Gasteiger partial charge is 0.359 e. The van der Waals surface area contributed by atoms with Crippen molar-refractivity contribution < 1.29 is 9.32 Å². The first-order valence-corrected chi connectivity index (χ1v) is 9.24. The monoisotopic (exact) mass is 392 g/mol. The highest BCUT2D eigenvalue weighted by atomic mass is 32.1. The van der Waals surface area contributed by atoms with Crippen LogP contribution in [0.2, 0.25) is 0 Å². The number of aromatic nitrogens is 4. The summed E-state index contributed by atoms with van der Waals surface area (Å²) < 4.78 is 9.60. The lowest BCUT2D eigenvalue weighted by Crippen LogP contribution is -2.30. The number of rotatable bonds is 5. The zero-order chi connectivity index (χ0) is 19.3. The number of nitrogens with zero attached hydrogens (tertiary/aromatic N) is 5. The van der Waals surface area contributed by atoms with Crippen LogP contribution in [0.3, 0.4) is 0 Å². The van der Waals surface area contributed by atoms with E-state index in [1.165, 1.54) is 4.90 Å². The molecule has 0 atom stereocenters. The molecule has 9 heteroatoms. The Hall–Kier alpha value is -3.59. The summed E-state index contributed by atoms with van der Waals surface area (Å²) >= 11 is 1.13. The topological polar surface area (TPSA) is 97.0 Å². The highest BCUT2D eigenvalue weighted by Crippen LogP contribution is 2.21. The summed E-state index contributed by atoms with van der Waals surface area (Å²) in [6.07, 6.45) is 1.69. The minimum Gasteiger partial charge on any atom is -0.359 e. The number of carbonyl (C=O) groups is 1. The van der Waals surface area contributed by atoms with E-state index in [4.69, 9.17) is 4.52 Å². The van der Waals surface area contributed by atoms with E-state index in [1.54, 1.807) is 19.3 Å². The Bertz CT molecular complexity index is 1060. The molecule has 0 fully saturated rings. The normalized spacial score (nSPS) is 10.6. The standard InChI is InChI=1S/C19H16N6O2S/c1-25(12-14-11-16(23-27-14)15-9-5-6-10-20-15)19(26)22-18-21-17(24-28-18)13-7-3-2-4-8-13/h2-11H,12H2,1H3,(H,21,22,24,26). The fourth-order valence-electron chi connectivity index (χ4n) is 2.49. The number of hydrogen-bond donors (Lipinski definition) is 1. The van der Waals surface area contributed by atoms with E-state index in [0.29, 0.717) is 28.1 Å². The van der Waals surface area contributed by atoms with Crippen molar-refractivity contribution >= 4 is 22.7 Å². The second-order valence-corrected chi connectivity index (χ2v) is 6.72. The molecule has 4 aromatic rings. The molecule has 3 heterocycles. The van der Waals surface area contributed by atoms with Crippen LogP contribution in [-0.2, 0) is 6.54 Å². The summed E-state index contributed by atoms with van der Waals surface area (Å²) in [5.41, 5.74) is 2.24. The van der Waals surface area contributed by atoms with Gasteiger partial charge in [0, 0.05) is 36.4 Å². The van der Waals surface area contributed by atoms with Gasteiger partial charge < -0.3 is 9.42 Å². The highest BCUT2D eigenvalue weighted by molar-refractivity contribution is 7.10. The van der Waals surface area contributed by atoms with Crippen LogP contribution in [0.1, 0.15) is 5.76 Å². The number of pyridine rings is 1. The molecule has 28 heavy (non-hydrogen) atoms. The molecule has 0 unspecified atom stereocenters. The van der Waals surface area contributed by atoms with Gasteiger partial charge in [-0.05, 0) is 12.1 Å². The molecule has 3 aromatic heterocycles. The van der Waals surface area contributed by atoms with Gasteiger partial charge in [0.05, 0.1) is 12.2 Å². The molecular formula is C19H16N6O2S. The van der Waals surface area contributed by atoms with Crippen LogP contribution in [0.15, 0.2) is 65.3 Å². The van der Waals surface area contributed by atoms with E-state index < -0.39 is 0 Å². The Labute approximate surface area is 165 Å². The summed E-state index contributed by atoms with van der Waals surface area (Å²) in [5.74, 6) is 1.14. The van der Waals surface area contributed by atoms with Crippen LogP contribution in [0.25, 0.3) is 22.8 Å². The number of hydrogen-bond acceptors (Lipinski definition) is 7. The highest BCUT2D eigenvalue weighted by Gasteiger charge is 2.16. The van der Waals surface area contributed by atoms with Gasteiger partial charge in [-0.15, -0.1) is 0 Å². The Morgan fingerprint density at radius 2 is 1.96 bits per heavy atom. The van der Waals surface area contributed by atoms with Gasteiger partial charge in [-0.3, -0.25) is 10.3 Å². The van der Waals surface area contributed by atoms with Crippen molar-refractivity contribution in [3.05, 3.63) is 66.6 Å². The van der Waals surface area contributed by atoms with Gasteiger partial charge in [0.2, 0.25) is 5.13 Å². The molecule has 8 nitrogen and oxygen atoms in total. The third-order valence-electron chi connectivity index (χ3n) is 3.90. The zero-order valence-electron chi connectivity index (χ0n) is 14.9. The van der Waals surface area contributed by atoms with E-state index in [1.807, 2.05) is 48.5 Å². The van der Waals surface area contributed by atoms with Gasteiger partial charge in [-0.1, -0.05) is 41.6 Å². The predicted molar refractivity (Wildman–Crippen MR) is 106 cm³/mol. The maximum absolute atomic E-state index is 12.4. The van der Waals surface area contributed by atoms with E-state index in [0.717, 1.165) is 17.1 Å². The molecule has 0 aliphatic heterocycles. The van der Waals surface area contributed by atoms with Gasteiger partial charge >= 0.3 is 6.03 Å². The quantitative estimate of drug-likeness (QED) is 0.553. The lowest BCUT2D eigenvalue weighted by Gasteiger charge is -2.14. The molecule has 0 aliphatic carbocycles. The maximum atomic E-state index is 12.4. The summed E-state index contributed by atoms with van der Waals surface area (Å²) in [5, 5.41) is 7.18. The molecule has 4 rings (SSSR count). The second-order valence-electron chi connectivity index (χ2n) is 5.97. The molecule has 1 N–H and O–H groups in total. The summed E-state index contributed by atoms with van der Waals surface area (Å²) in [6, 6.07) is 16.6. The van der Waals surface area contributed by atoms with Crippen LogP contribution in [0, 0.1) is 0 Å². The van der Waals surface area contributed by atoms with Crippen molar-refractivity contribution in [2.75, 3.05) is 12.4 Å². The Balaban J connectivity index is 1.38. The van der Waals surface area contributed by atoms with Crippen LogP contribution in [0.5, 0.6) is 0 Å². The zero-order valence-corrected chi connectivity index (χ0v) is 15.8. The number of amides is 2. The summed E-state index contributed by atoms with van der Waals surface area (Å²) in [6.45, 7) is 0.260. The number of anilines is 1. The molecule has 0 spiro atoms. The first kappa shape index (κ1) is 17.8. The Kier molecular flexibility index (Phi) is 5.07. The second kappa shape index (κ2) is 7.97. The van der Waals surface area contributed by atoms with Crippen molar-refractivity contribution in [3.8, 4) is 22.8 Å². The predicted octanol–water partition coefficient (Wildman–Crippen LogP) is 3.92. The van der Waals surface area contributed by atoms with Crippen LogP contribution < -0.4 is 5.32 Å². The minimum atomic E-state index is -0.313. The van der Waals surface area contributed by atoms with Crippen molar-refractivity contribution in [2.45, 2.75) is 6.54 Å². The number of nitrogens with one attached hydrogen (secondary N) is 1. The van der Waals surface area contributed by atoms with Crippen LogP contribution in [-0.4, -0.2) is 37.5 Å². The van der Waals surface area contributed by atoms with Gasteiger partial charge in [0.1, 0.15) is 5.69 Å². The smallest absolute Gasteiger partial charge is 0.323 e. The van der Waals surface area contributed by atoms with Gasteiger partial charge in [0.15, 0.2) is 11.6 Å². The maximum Gasteiger partial charge on any atom is 0.323 e. The third-order valence-corrected chi connectivity index (χ3v) is 4.53. The average molecular weight is 392 g/mol. The summed E-state index contributed by atoms with van der Waals surface area (Å²) in [4.78, 5) is 22.5. The molecule has 140 valence electrons. The summed E-state index contributed by atoms with van der Waals surface area (Å²) in [7, 11) is 1.66. The van der Waals surface area contributed by atoms with E-state index >= 15 is 0 Å². The Morgan fingerprint density at radius 3 is 2.75 bits per heavy atom. The number of carbonyl (C=O) groups excluding carboxylic acids is 1. The fraction of sp³-hybridized carbons (Fsp3) is 0.105. The fourth-order valence-corrected chi connectivity index (χ4v) is 3.07. The van der Waals surface area contributed by atoms with Crippen molar-refractivity contribution in [3.63, 3.8) is 0 Å². The Morgan fingerprint density at radius 1 is 1.14 bits per heavy atom. The van der Waals surface area contributed by atoms with Gasteiger partial charge in [-0.2, -0.15) is 9.36 Å². The average Bonchev–Trinajstić information content (AvgIpc) is 3.39. The van der Waals surface area contributed by atoms with Crippen molar-refractivity contribution in [1.82, 2.24) is 24.4 Å².